The number of aryl methyl sites for hydroxylation is 5. The molecule has 6 aromatic rings. The Balaban J connectivity index is 1.38. The number of phenols is 6. The second-order valence-corrected chi connectivity index (χ2v) is 13.5. The first kappa shape index (κ1) is 35.6. The minimum Gasteiger partial charge on any atom is -0.507 e. The Morgan fingerprint density at radius 2 is 1.04 bits per heavy atom. The third-order valence-corrected chi connectivity index (χ3v) is 9.62. The number of fused-ring (bicyclic) bond motifs is 2. The molecule has 0 bridgehead atoms. The summed E-state index contributed by atoms with van der Waals surface area (Å²) in [7, 11) is 0. The average molecular weight is 700 g/mol. The number of rotatable bonds is 10. The molecular formula is C43H41NO8. The van der Waals surface area contributed by atoms with E-state index in [0.717, 1.165) is 28.3 Å². The van der Waals surface area contributed by atoms with Crippen LogP contribution in [0.3, 0.4) is 0 Å². The van der Waals surface area contributed by atoms with Gasteiger partial charge in [-0.2, -0.15) is 0 Å². The molecular weight excluding hydrogens is 658 g/mol. The van der Waals surface area contributed by atoms with E-state index in [4.69, 9.17) is 0 Å². The average Bonchev–Trinajstić information content (AvgIpc) is 3.08. The third-order valence-electron chi connectivity index (χ3n) is 9.62. The zero-order valence-electron chi connectivity index (χ0n) is 29.5. The van der Waals surface area contributed by atoms with Crippen molar-refractivity contribution in [3.8, 4) is 45.6 Å². The van der Waals surface area contributed by atoms with Gasteiger partial charge in [0.25, 0.3) is 5.91 Å². The van der Waals surface area contributed by atoms with Crippen molar-refractivity contribution in [3.63, 3.8) is 0 Å². The van der Waals surface area contributed by atoms with Crippen LogP contribution in [-0.4, -0.2) is 48.9 Å². The fraction of sp³-hybridized carbons (Fsp3) is 0.209. The van der Waals surface area contributed by atoms with Crippen LogP contribution in [0.1, 0.15) is 66.9 Å². The number of nitrogens with one attached hydrogen (secondary N) is 1. The van der Waals surface area contributed by atoms with E-state index in [0.29, 0.717) is 30.4 Å². The molecule has 0 aliphatic heterocycles. The molecule has 0 saturated heterocycles. The number of aromatic hydroxyl groups is 6. The van der Waals surface area contributed by atoms with Gasteiger partial charge in [-0.15, -0.1) is 0 Å². The Kier molecular flexibility index (Phi) is 9.71. The minimum absolute atomic E-state index is 0.0525. The summed E-state index contributed by atoms with van der Waals surface area (Å²) in [4.78, 5) is 27.0. The van der Waals surface area contributed by atoms with Crippen molar-refractivity contribution in [2.24, 2.45) is 0 Å². The van der Waals surface area contributed by atoms with Crippen LogP contribution in [0.25, 0.3) is 32.7 Å². The van der Waals surface area contributed by atoms with Crippen LogP contribution in [0.5, 0.6) is 34.5 Å². The lowest BCUT2D eigenvalue weighted by atomic mass is 9.86. The number of carbonyl (C=O) groups excluding carboxylic acids is 2. The molecule has 0 aliphatic rings. The number of benzene rings is 6. The van der Waals surface area contributed by atoms with E-state index in [1.165, 1.54) is 6.07 Å². The van der Waals surface area contributed by atoms with Gasteiger partial charge >= 0.3 is 0 Å². The molecule has 1 amide bonds. The summed E-state index contributed by atoms with van der Waals surface area (Å²) in [6.45, 7) is 7.57. The molecule has 0 aliphatic carbocycles. The van der Waals surface area contributed by atoms with Crippen LogP contribution >= 0.6 is 0 Å². The Morgan fingerprint density at radius 3 is 1.56 bits per heavy atom. The molecule has 0 saturated carbocycles. The van der Waals surface area contributed by atoms with Crippen molar-refractivity contribution in [3.05, 3.63) is 117 Å². The Hall–Kier alpha value is -6.22. The van der Waals surface area contributed by atoms with Gasteiger partial charge < -0.3 is 36.0 Å². The van der Waals surface area contributed by atoms with Gasteiger partial charge in [0.15, 0.2) is 28.8 Å². The van der Waals surface area contributed by atoms with E-state index in [-0.39, 0.29) is 68.3 Å². The molecule has 0 radical (unpaired) electrons. The lowest BCUT2D eigenvalue weighted by Crippen LogP contribution is -2.26. The number of amides is 1. The fourth-order valence-corrected chi connectivity index (χ4v) is 7.12. The summed E-state index contributed by atoms with van der Waals surface area (Å²) in [5, 5.41) is 70.0. The highest BCUT2D eigenvalue weighted by atomic mass is 16.3. The molecule has 0 heterocycles. The number of hydrogen-bond donors (Lipinski definition) is 7. The van der Waals surface area contributed by atoms with Crippen molar-refractivity contribution in [2.75, 3.05) is 6.54 Å². The number of phenolic OH excluding ortho intramolecular Hbond substituents is 6. The number of Topliss-reactive ketones (excluding diaryl/α,β-unsaturated/α-hetero) is 1. The van der Waals surface area contributed by atoms with Crippen molar-refractivity contribution < 1.29 is 40.2 Å². The summed E-state index contributed by atoms with van der Waals surface area (Å²) < 4.78 is 0. The standard InChI is InChI=1S/C43H41NO8/c1-22-8-5-10-26(16-22)12-7-13-32(45)37-28-18-24(3)35(39(48)30(28)20-33(46)41(37)50)36-25(4)19-29-31(40(36)49)21-34(47)42(51)38(29)43(52)44-15-14-27-11-6-9-23(2)17-27/h5-6,8-11,16-21,46-51H,7,12-15H2,1-4H3,(H,44,52). The topological polar surface area (TPSA) is 168 Å². The molecule has 0 atom stereocenters. The second-order valence-electron chi connectivity index (χ2n) is 13.5. The number of hydrogen-bond acceptors (Lipinski definition) is 8. The van der Waals surface area contributed by atoms with Crippen molar-refractivity contribution in [1.82, 2.24) is 5.32 Å². The summed E-state index contributed by atoms with van der Waals surface area (Å²) in [5.74, 6) is -4.19. The van der Waals surface area contributed by atoms with Crippen LogP contribution in [0.4, 0.5) is 0 Å². The van der Waals surface area contributed by atoms with E-state index in [2.05, 4.69) is 5.32 Å². The second kappa shape index (κ2) is 14.2. The normalized spacial score (nSPS) is 11.3. The van der Waals surface area contributed by atoms with Crippen LogP contribution in [0, 0.1) is 27.7 Å². The number of carbonyl (C=O) groups is 2. The smallest absolute Gasteiger partial charge is 0.255 e. The minimum atomic E-state index is -0.645. The van der Waals surface area contributed by atoms with Crippen molar-refractivity contribution >= 4 is 33.2 Å². The Labute approximate surface area is 301 Å². The quantitative estimate of drug-likeness (QED) is 0.0554. The maximum atomic E-state index is 13.5. The molecule has 52 heavy (non-hydrogen) atoms. The van der Waals surface area contributed by atoms with Crippen LogP contribution in [0.15, 0.2) is 72.8 Å². The molecule has 266 valence electrons. The fourth-order valence-electron chi connectivity index (χ4n) is 7.12. The summed E-state index contributed by atoms with van der Waals surface area (Å²) in [5.41, 5.74) is 5.21. The largest absolute Gasteiger partial charge is 0.507 e. The van der Waals surface area contributed by atoms with E-state index in [1.54, 1.807) is 26.0 Å². The monoisotopic (exact) mass is 699 g/mol. The van der Waals surface area contributed by atoms with Crippen LogP contribution < -0.4 is 5.32 Å². The van der Waals surface area contributed by atoms with Gasteiger partial charge in [-0.3, -0.25) is 9.59 Å². The highest BCUT2D eigenvalue weighted by Crippen LogP contribution is 2.51. The maximum Gasteiger partial charge on any atom is 0.255 e. The van der Waals surface area contributed by atoms with E-state index >= 15 is 0 Å². The molecule has 0 spiro atoms. The third kappa shape index (κ3) is 6.65. The summed E-state index contributed by atoms with van der Waals surface area (Å²) in [6, 6.07) is 21.4. The first-order valence-corrected chi connectivity index (χ1v) is 17.1. The van der Waals surface area contributed by atoms with Crippen LogP contribution in [-0.2, 0) is 12.8 Å². The van der Waals surface area contributed by atoms with Gasteiger partial charge in [0.05, 0.1) is 11.1 Å². The zero-order chi connectivity index (χ0) is 37.4. The van der Waals surface area contributed by atoms with Gasteiger partial charge in [0, 0.05) is 45.6 Å². The van der Waals surface area contributed by atoms with E-state index in [1.807, 2.05) is 62.4 Å². The predicted octanol–water partition coefficient (Wildman–Crippen LogP) is 8.31. The molecule has 0 aromatic heterocycles. The van der Waals surface area contributed by atoms with Gasteiger partial charge in [-0.05, 0) is 93.5 Å². The Bertz CT molecular complexity index is 2240. The summed E-state index contributed by atoms with van der Waals surface area (Å²) >= 11 is 0. The first-order chi connectivity index (χ1) is 24.8. The van der Waals surface area contributed by atoms with Gasteiger partial charge in [0.2, 0.25) is 0 Å². The Morgan fingerprint density at radius 1 is 0.558 bits per heavy atom. The zero-order valence-corrected chi connectivity index (χ0v) is 29.5. The highest BCUT2D eigenvalue weighted by Gasteiger charge is 2.27. The molecule has 0 unspecified atom stereocenters. The summed E-state index contributed by atoms with van der Waals surface area (Å²) in [6.07, 6.45) is 1.77. The maximum absolute atomic E-state index is 13.5. The lowest BCUT2D eigenvalue weighted by molar-refractivity contribution is 0.0950. The molecule has 6 rings (SSSR count). The SMILES string of the molecule is Cc1cccc(CCCC(=O)c2c(O)c(O)cc3c(O)c(-c4c(C)cc5c(C(=O)NCCc6cccc(C)c6)c(O)c(O)cc5c4O)c(C)cc23)c1. The molecule has 9 heteroatoms. The van der Waals surface area contributed by atoms with E-state index < -0.39 is 34.7 Å². The molecule has 6 aromatic carbocycles. The van der Waals surface area contributed by atoms with Crippen molar-refractivity contribution in [2.45, 2.75) is 53.4 Å². The predicted molar refractivity (Wildman–Crippen MR) is 202 cm³/mol. The molecule has 7 N–H and O–H groups in total. The first-order valence-electron chi connectivity index (χ1n) is 17.1. The van der Waals surface area contributed by atoms with Gasteiger partial charge in [-0.25, -0.2) is 0 Å². The van der Waals surface area contributed by atoms with Crippen molar-refractivity contribution in [1.29, 1.82) is 0 Å². The van der Waals surface area contributed by atoms with E-state index in [9.17, 15) is 40.2 Å². The van der Waals surface area contributed by atoms with Gasteiger partial charge in [-0.1, -0.05) is 59.7 Å². The highest BCUT2D eigenvalue weighted by molar-refractivity contribution is 6.16. The number of ketones is 1. The van der Waals surface area contributed by atoms with Crippen LogP contribution in [0.2, 0.25) is 0 Å². The molecule has 0 fully saturated rings. The molecule has 9 nitrogen and oxygen atoms in total. The van der Waals surface area contributed by atoms with Gasteiger partial charge in [0.1, 0.15) is 11.5 Å². The lowest BCUT2D eigenvalue weighted by Gasteiger charge is -2.20.